The van der Waals surface area contributed by atoms with E-state index in [1.165, 1.54) is 49.7 Å². The van der Waals surface area contributed by atoms with Gasteiger partial charge in [0.15, 0.2) is 0 Å². The van der Waals surface area contributed by atoms with Gasteiger partial charge in [-0.1, -0.05) is 142 Å². The number of hydrogen-bond donors (Lipinski definition) is 0. The highest BCUT2D eigenvalue weighted by Crippen LogP contribution is 2.49. The molecule has 0 spiro atoms. The maximum absolute atomic E-state index is 2.40. The lowest BCUT2D eigenvalue weighted by molar-refractivity contribution is 0.660. The predicted octanol–water partition coefficient (Wildman–Crippen LogP) is 11.2. The second-order valence-corrected chi connectivity index (χ2v) is 8.00. The van der Waals surface area contributed by atoms with Crippen molar-refractivity contribution in [3.05, 3.63) is 95.6 Å². The molecular weight excluding hydrogens is 408 g/mol. The molecule has 34 heavy (non-hydrogen) atoms. The van der Waals surface area contributed by atoms with Crippen LogP contribution in [0.15, 0.2) is 78.9 Å². The summed E-state index contributed by atoms with van der Waals surface area (Å²) in [6, 6.07) is 29.2. The third-order valence-corrected chi connectivity index (χ3v) is 5.91. The Bertz CT molecular complexity index is 1160. The summed E-state index contributed by atoms with van der Waals surface area (Å²) in [5.41, 5.74) is 9.62. The smallest absolute Gasteiger partial charge is 0.0159 e. The number of fused-ring (bicyclic) bond motifs is 4. The van der Waals surface area contributed by atoms with Crippen molar-refractivity contribution in [1.29, 1.82) is 0 Å². The fourth-order valence-electron chi connectivity index (χ4n) is 4.40. The van der Waals surface area contributed by atoms with Crippen LogP contribution in [0.1, 0.15) is 85.9 Å². The molecule has 0 aliphatic heterocycles. The Morgan fingerprint density at radius 1 is 0.471 bits per heavy atom. The van der Waals surface area contributed by atoms with E-state index in [0.717, 1.165) is 0 Å². The van der Waals surface area contributed by atoms with Gasteiger partial charge in [0.2, 0.25) is 0 Å². The van der Waals surface area contributed by atoms with E-state index in [0.29, 0.717) is 0 Å². The molecule has 0 saturated heterocycles. The maximum atomic E-state index is 2.40. The van der Waals surface area contributed by atoms with E-state index in [-0.39, 0.29) is 5.41 Å². The van der Waals surface area contributed by atoms with E-state index in [4.69, 9.17) is 0 Å². The molecule has 4 aromatic rings. The van der Waals surface area contributed by atoms with Crippen LogP contribution >= 0.6 is 0 Å². The highest BCUT2D eigenvalue weighted by molar-refractivity contribution is 5.89. The van der Waals surface area contributed by atoms with E-state index in [9.17, 15) is 0 Å². The van der Waals surface area contributed by atoms with Crippen molar-refractivity contribution in [3.8, 4) is 22.3 Å². The van der Waals surface area contributed by atoms with Crippen LogP contribution in [-0.2, 0) is 5.41 Å². The lowest BCUT2D eigenvalue weighted by Gasteiger charge is -2.22. The monoisotopic (exact) mass is 454 g/mol. The van der Waals surface area contributed by atoms with Crippen LogP contribution in [0.4, 0.5) is 0 Å². The minimum absolute atomic E-state index is 0.0452. The van der Waals surface area contributed by atoms with Gasteiger partial charge < -0.3 is 0 Å². The molecule has 0 bridgehead atoms. The molecule has 0 saturated carbocycles. The quantitative estimate of drug-likeness (QED) is 0.268. The Balaban J connectivity index is 0.000000659. The van der Waals surface area contributed by atoms with Crippen molar-refractivity contribution >= 4 is 10.8 Å². The molecule has 0 fully saturated rings. The van der Waals surface area contributed by atoms with E-state index >= 15 is 0 Å². The van der Waals surface area contributed by atoms with Gasteiger partial charge in [-0.15, -0.1) is 0 Å². The molecule has 182 valence electrons. The standard InChI is InChI=1S/C26H22.4C2H6/c1-17-8-12-22-23-13-11-21(16-25(23)26(2,3)24(22)14-17)20-10-9-18-6-4-5-7-19(18)15-20;4*1-2/h4-16H,1-3H3;4*1-2H3. The maximum Gasteiger partial charge on any atom is 0.0159 e. The molecule has 0 nitrogen and oxygen atoms in total. The highest BCUT2D eigenvalue weighted by atomic mass is 14.4. The Hall–Kier alpha value is -2.86. The van der Waals surface area contributed by atoms with Crippen LogP contribution in [0.2, 0.25) is 0 Å². The summed E-state index contributed by atoms with van der Waals surface area (Å²) in [5.74, 6) is 0. The first-order valence-electron chi connectivity index (χ1n) is 13.3. The molecule has 0 unspecified atom stereocenters. The first-order chi connectivity index (χ1) is 16.5. The van der Waals surface area contributed by atoms with Crippen molar-refractivity contribution in [2.24, 2.45) is 0 Å². The summed E-state index contributed by atoms with van der Waals surface area (Å²) >= 11 is 0. The summed E-state index contributed by atoms with van der Waals surface area (Å²) < 4.78 is 0. The van der Waals surface area contributed by atoms with Gasteiger partial charge in [0.05, 0.1) is 0 Å². The van der Waals surface area contributed by atoms with Crippen molar-refractivity contribution in [3.63, 3.8) is 0 Å². The molecule has 1 aliphatic carbocycles. The van der Waals surface area contributed by atoms with E-state index in [2.05, 4.69) is 99.6 Å². The van der Waals surface area contributed by atoms with Gasteiger partial charge in [0.1, 0.15) is 0 Å². The summed E-state index contributed by atoms with van der Waals surface area (Å²) in [5, 5.41) is 2.59. The molecule has 0 radical (unpaired) electrons. The normalized spacial score (nSPS) is 11.6. The van der Waals surface area contributed by atoms with Gasteiger partial charge in [-0.25, -0.2) is 0 Å². The van der Waals surface area contributed by atoms with Crippen LogP contribution in [0.3, 0.4) is 0 Å². The molecule has 4 aromatic carbocycles. The van der Waals surface area contributed by atoms with Gasteiger partial charge in [-0.2, -0.15) is 0 Å². The Kier molecular flexibility index (Phi) is 11.8. The van der Waals surface area contributed by atoms with Gasteiger partial charge in [-0.05, 0) is 63.2 Å². The summed E-state index contributed by atoms with van der Waals surface area (Å²) in [6.07, 6.45) is 0. The number of hydrogen-bond acceptors (Lipinski definition) is 0. The third kappa shape index (κ3) is 5.79. The molecule has 0 heterocycles. The fraction of sp³-hybridized carbons (Fsp3) is 0.353. The SMILES string of the molecule is CC.CC.CC.CC.Cc1ccc2c(c1)C(C)(C)c1cc(-c3ccc4ccccc4c3)ccc1-2. The zero-order chi connectivity index (χ0) is 25.9. The lowest BCUT2D eigenvalue weighted by atomic mass is 9.81. The van der Waals surface area contributed by atoms with Gasteiger partial charge in [0.25, 0.3) is 0 Å². The topological polar surface area (TPSA) is 0 Å². The van der Waals surface area contributed by atoms with E-state index in [1.807, 2.05) is 55.4 Å². The number of benzene rings is 4. The van der Waals surface area contributed by atoms with Gasteiger partial charge in [-0.3, -0.25) is 0 Å². The molecule has 0 atom stereocenters. The highest BCUT2D eigenvalue weighted by Gasteiger charge is 2.35. The van der Waals surface area contributed by atoms with Gasteiger partial charge in [0, 0.05) is 5.41 Å². The number of aryl methyl sites for hydroxylation is 1. The van der Waals surface area contributed by atoms with Crippen LogP contribution < -0.4 is 0 Å². The second kappa shape index (κ2) is 13.8. The largest absolute Gasteiger partial charge is 0.0683 e. The summed E-state index contributed by atoms with van der Waals surface area (Å²) in [6.45, 7) is 22.9. The van der Waals surface area contributed by atoms with E-state index < -0.39 is 0 Å². The summed E-state index contributed by atoms with van der Waals surface area (Å²) in [4.78, 5) is 0. The van der Waals surface area contributed by atoms with Crippen LogP contribution in [-0.4, -0.2) is 0 Å². The third-order valence-electron chi connectivity index (χ3n) is 5.91. The van der Waals surface area contributed by atoms with Crippen molar-refractivity contribution < 1.29 is 0 Å². The molecule has 0 amide bonds. The predicted molar refractivity (Wildman–Crippen MR) is 157 cm³/mol. The second-order valence-electron chi connectivity index (χ2n) is 8.00. The first kappa shape index (κ1) is 29.2. The molecule has 0 aromatic heterocycles. The first-order valence-corrected chi connectivity index (χ1v) is 13.3. The summed E-state index contributed by atoms with van der Waals surface area (Å²) in [7, 11) is 0. The van der Waals surface area contributed by atoms with Crippen LogP contribution in [0.5, 0.6) is 0 Å². The zero-order valence-corrected chi connectivity index (χ0v) is 23.5. The zero-order valence-electron chi connectivity index (χ0n) is 23.5. The Morgan fingerprint density at radius 2 is 0.941 bits per heavy atom. The average Bonchev–Trinajstić information content (AvgIpc) is 3.14. The minimum Gasteiger partial charge on any atom is -0.0683 e. The average molecular weight is 455 g/mol. The fourth-order valence-corrected chi connectivity index (χ4v) is 4.40. The van der Waals surface area contributed by atoms with Crippen molar-refractivity contribution in [2.45, 2.75) is 81.6 Å². The van der Waals surface area contributed by atoms with Crippen molar-refractivity contribution in [1.82, 2.24) is 0 Å². The molecule has 5 rings (SSSR count). The van der Waals surface area contributed by atoms with Gasteiger partial charge >= 0.3 is 0 Å². The van der Waals surface area contributed by atoms with Crippen LogP contribution in [0, 0.1) is 6.92 Å². The van der Waals surface area contributed by atoms with Crippen LogP contribution in [0.25, 0.3) is 33.0 Å². The van der Waals surface area contributed by atoms with Crippen molar-refractivity contribution in [2.75, 3.05) is 0 Å². The lowest BCUT2D eigenvalue weighted by Crippen LogP contribution is -2.15. The number of rotatable bonds is 1. The molecule has 0 heteroatoms. The molecular formula is C34H46. The minimum atomic E-state index is 0.0452. The molecule has 0 N–H and O–H groups in total. The van der Waals surface area contributed by atoms with E-state index in [1.54, 1.807) is 0 Å². The Morgan fingerprint density at radius 3 is 1.56 bits per heavy atom. The molecule has 1 aliphatic rings. The Labute approximate surface area is 210 Å².